The van der Waals surface area contributed by atoms with Gasteiger partial charge in [-0.1, -0.05) is 32.9 Å². The minimum Gasteiger partial charge on any atom is -0.334 e. The summed E-state index contributed by atoms with van der Waals surface area (Å²) in [6, 6.07) is 2.44. The minimum atomic E-state index is -4.98. The lowest BCUT2D eigenvalue weighted by molar-refractivity contribution is -0.388. The van der Waals surface area contributed by atoms with Crippen LogP contribution >= 0.6 is 24.8 Å². The molecule has 0 aliphatic carbocycles. The number of benzene rings is 1. The molecule has 2 aromatic rings. The van der Waals surface area contributed by atoms with Crippen LogP contribution in [0.1, 0.15) is 65.6 Å². The van der Waals surface area contributed by atoms with Crippen molar-refractivity contribution in [2.75, 3.05) is 11.4 Å². The van der Waals surface area contributed by atoms with Crippen molar-refractivity contribution in [2.45, 2.75) is 83.8 Å². The lowest BCUT2D eigenvalue weighted by atomic mass is 9.83. The van der Waals surface area contributed by atoms with Gasteiger partial charge in [0.25, 0.3) is 11.6 Å². The maximum atomic E-state index is 13.5. The zero-order valence-electron chi connectivity index (χ0n) is 22.7. The predicted molar refractivity (Wildman–Crippen MR) is 149 cm³/mol. The average Bonchev–Trinajstić information content (AvgIpc) is 3.26. The van der Waals surface area contributed by atoms with Crippen LogP contribution in [0, 0.1) is 15.5 Å². The Morgan fingerprint density at radius 1 is 1.18 bits per heavy atom. The van der Waals surface area contributed by atoms with Crippen molar-refractivity contribution in [3.63, 3.8) is 0 Å². The van der Waals surface area contributed by atoms with E-state index in [1.165, 1.54) is 0 Å². The molecule has 0 saturated carbocycles. The topological polar surface area (TPSA) is 97.4 Å². The first-order chi connectivity index (χ1) is 17.7. The number of nitro benzene ring substituents is 1. The zero-order valence-corrected chi connectivity index (χ0v) is 24.5. The molecule has 1 fully saturated rings. The van der Waals surface area contributed by atoms with Crippen LogP contribution in [-0.2, 0) is 23.9 Å². The van der Waals surface area contributed by atoms with Gasteiger partial charge < -0.3 is 4.90 Å². The van der Waals surface area contributed by atoms with Gasteiger partial charge in [-0.05, 0) is 62.9 Å². The first-order valence-corrected chi connectivity index (χ1v) is 13.2. The number of hydrogen-bond acceptors (Lipinski definition) is 7. The molecule has 9 nitrogen and oxygen atoms in total. The summed E-state index contributed by atoms with van der Waals surface area (Å²) in [5.74, 6) is -0.519. The number of aromatic nitrogens is 3. The summed E-state index contributed by atoms with van der Waals surface area (Å²) >= 11 is 10.1. The number of rotatable bonds is 10. The van der Waals surface area contributed by atoms with Crippen molar-refractivity contribution >= 4 is 47.2 Å². The molecule has 1 aromatic carbocycles. The van der Waals surface area contributed by atoms with E-state index in [1.807, 2.05) is 6.20 Å². The second-order valence-electron chi connectivity index (χ2n) is 11.8. The Morgan fingerprint density at radius 3 is 2.38 bits per heavy atom. The van der Waals surface area contributed by atoms with Crippen molar-refractivity contribution in [3.05, 3.63) is 45.8 Å². The van der Waals surface area contributed by atoms with E-state index in [-0.39, 0.29) is 21.0 Å². The van der Waals surface area contributed by atoms with Crippen LogP contribution in [0.4, 0.5) is 24.5 Å². The normalized spacial score (nSPS) is 16.4. The fourth-order valence-corrected chi connectivity index (χ4v) is 6.04. The predicted octanol–water partition coefficient (Wildman–Crippen LogP) is 5.67. The van der Waals surface area contributed by atoms with Gasteiger partial charge in [0, 0.05) is 30.1 Å². The molecule has 1 aliphatic heterocycles. The second-order valence-corrected chi connectivity index (χ2v) is 13.3. The third-order valence-corrected chi connectivity index (χ3v) is 7.03. The number of carbonyl (C=O) groups excluding carboxylic acids is 1. The summed E-state index contributed by atoms with van der Waals surface area (Å²) in [6.45, 7) is 12.7. The van der Waals surface area contributed by atoms with Crippen molar-refractivity contribution in [3.8, 4) is 0 Å². The molecular formula is C25H33F3N6O3S2. The number of nitrogens with zero attached hydrogens (tertiary/aromatic N) is 6. The number of thiol groups is 1. The highest BCUT2D eigenvalue weighted by Gasteiger charge is 2.50. The van der Waals surface area contributed by atoms with Crippen LogP contribution in [0.2, 0.25) is 0 Å². The number of anilines is 1. The molecule has 0 N–H and O–H groups in total. The van der Waals surface area contributed by atoms with Crippen LogP contribution in [0.5, 0.6) is 0 Å². The average molecular weight is 587 g/mol. The van der Waals surface area contributed by atoms with Crippen molar-refractivity contribution in [1.82, 2.24) is 19.9 Å². The van der Waals surface area contributed by atoms with Gasteiger partial charge in [0.1, 0.15) is 11.1 Å². The molecule has 0 spiro atoms. The molecule has 14 heteroatoms. The molecule has 39 heavy (non-hydrogen) atoms. The van der Waals surface area contributed by atoms with E-state index in [9.17, 15) is 28.1 Å². The summed E-state index contributed by atoms with van der Waals surface area (Å²) in [5, 5.41) is 19.6. The number of nitro groups is 1. The van der Waals surface area contributed by atoms with Gasteiger partial charge >= 0.3 is 6.18 Å². The third kappa shape index (κ3) is 7.07. The number of hydrogen-bond donors (Lipinski definition) is 1. The maximum absolute atomic E-state index is 13.5. The Hall–Kier alpha value is -2.74. The zero-order chi connectivity index (χ0) is 29.6. The van der Waals surface area contributed by atoms with Gasteiger partial charge in [0.2, 0.25) is 0 Å². The van der Waals surface area contributed by atoms with E-state index >= 15 is 0 Å². The Bertz CT molecular complexity index is 1270. The molecular weight excluding hydrogens is 553 g/mol. The molecule has 1 aromatic heterocycles. The van der Waals surface area contributed by atoms with Gasteiger partial charge in [-0.2, -0.15) is 25.8 Å². The van der Waals surface area contributed by atoms with Crippen molar-refractivity contribution in [1.29, 1.82) is 0 Å². The highest BCUT2D eigenvalue weighted by atomic mass is 32.1. The summed E-state index contributed by atoms with van der Waals surface area (Å²) < 4.78 is 42.3. The molecule has 1 saturated heterocycles. The number of halogens is 3. The monoisotopic (exact) mass is 586 g/mol. The van der Waals surface area contributed by atoms with Gasteiger partial charge in [-0.25, -0.2) is 0 Å². The molecule has 3 rings (SSSR count). The summed E-state index contributed by atoms with van der Waals surface area (Å²) in [7, 11) is 0. The molecule has 1 amide bonds. The van der Waals surface area contributed by atoms with Gasteiger partial charge in [-0.3, -0.25) is 24.5 Å². The second kappa shape index (κ2) is 10.7. The lowest BCUT2D eigenvalue weighted by Crippen LogP contribution is -2.44. The molecule has 214 valence electrons. The summed E-state index contributed by atoms with van der Waals surface area (Å²) in [5.41, 5.74) is -3.11. The molecule has 0 atom stereocenters. The largest absolute Gasteiger partial charge is 0.423 e. The van der Waals surface area contributed by atoms with E-state index in [2.05, 4.69) is 50.6 Å². The molecule has 2 heterocycles. The van der Waals surface area contributed by atoms with Gasteiger partial charge in [0.15, 0.2) is 5.11 Å². The van der Waals surface area contributed by atoms with E-state index < -0.39 is 33.8 Å². The standard InChI is InChI=1S/C25H33F3N6O3S2/c1-22(2,14-23(3,4)39)15-31-13-16(29-30-31)8-7-11-32-21(38)33(20(35)24(32,5)6)17-9-10-19(34(36)37)18(12-17)25(26,27)28/h9-10,12-13,39H,7-8,11,14-15H2,1-6H3. The molecule has 1 aliphatic rings. The van der Waals surface area contributed by atoms with E-state index in [0.717, 1.165) is 29.1 Å². The fourth-order valence-electron chi connectivity index (χ4n) is 5.10. The number of thiocarbonyl (C=S) groups is 1. The SMILES string of the molecule is CC(C)(S)CC(C)(C)Cn1cc(CCCN2C(=S)N(c3ccc([N+](=O)[O-])c(C(F)(F)F)c3)C(=O)C2(C)C)nn1. The minimum absolute atomic E-state index is 0.0340. The first kappa shape index (κ1) is 30.8. The first-order valence-electron chi connectivity index (χ1n) is 12.4. The Morgan fingerprint density at radius 2 is 1.82 bits per heavy atom. The van der Waals surface area contributed by atoms with Crippen LogP contribution in [0.15, 0.2) is 24.4 Å². The van der Waals surface area contributed by atoms with Gasteiger partial charge in [-0.15, -0.1) is 5.10 Å². The number of alkyl halides is 3. The molecule has 0 unspecified atom stereocenters. The number of amides is 1. The van der Waals surface area contributed by atoms with Crippen LogP contribution in [-0.4, -0.2) is 52.7 Å². The number of carbonyl (C=O) groups is 1. The van der Waals surface area contributed by atoms with E-state index in [4.69, 9.17) is 12.2 Å². The smallest absolute Gasteiger partial charge is 0.334 e. The highest BCUT2D eigenvalue weighted by molar-refractivity contribution is 7.81. The van der Waals surface area contributed by atoms with Crippen molar-refractivity contribution < 1.29 is 22.9 Å². The van der Waals surface area contributed by atoms with Crippen LogP contribution in [0.25, 0.3) is 0 Å². The lowest BCUT2D eigenvalue weighted by Gasteiger charge is -2.31. The third-order valence-electron chi connectivity index (χ3n) is 6.47. The highest BCUT2D eigenvalue weighted by Crippen LogP contribution is 2.40. The maximum Gasteiger partial charge on any atom is 0.423 e. The summed E-state index contributed by atoms with van der Waals surface area (Å²) in [6.07, 6.45) is -1.10. The summed E-state index contributed by atoms with van der Waals surface area (Å²) in [4.78, 5) is 25.9. The Kier molecular flexibility index (Phi) is 8.43. The Labute approximate surface area is 236 Å². The molecule has 0 bridgehead atoms. The molecule has 0 radical (unpaired) electrons. The van der Waals surface area contributed by atoms with Crippen LogP contribution < -0.4 is 4.90 Å². The van der Waals surface area contributed by atoms with E-state index in [0.29, 0.717) is 32.0 Å². The Balaban J connectivity index is 1.72. The fraction of sp³-hybridized carbons (Fsp3) is 0.600. The number of aryl methyl sites for hydroxylation is 1. The van der Waals surface area contributed by atoms with Crippen molar-refractivity contribution in [2.24, 2.45) is 5.41 Å². The van der Waals surface area contributed by atoms with Crippen LogP contribution in [0.3, 0.4) is 0 Å². The van der Waals surface area contributed by atoms with E-state index in [1.54, 1.807) is 23.4 Å². The quantitative estimate of drug-likeness (QED) is 0.166. The van der Waals surface area contributed by atoms with Gasteiger partial charge in [0.05, 0.1) is 16.3 Å².